The van der Waals surface area contributed by atoms with Crippen molar-refractivity contribution in [1.82, 2.24) is 0 Å². The molecule has 0 fully saturated rings. The second-order valence-electron chi connectivity index (χ2n) is 1.09. The van der Waals surface area contributed by atoms with Gasteiger partial charge in [0, 0.05) is 0 Å². The SMILES string of the molecule is O=P(O)(O)F.[CH2-]C(F)(F)F.[Na+]. The molecule has 0 amide bonds. The van der Waals surface area contributed by atoms with Gasteiger partial charge in [-0.2, -0.15) is 0 Å². The van der Waals surface area contributed by atoms with E-state index in [-0.39, 0.29) is 29.6 Å². The normalized spacial score (nSPS) is 10.8. The molecule has 0 aliphatic heterocycles. The second-order valence-corrected chi connectivity index (χ2v) is 2.03. The summed E-state index contributed by atoms with van der Waals surface area (Å²) >= 11 is 0. The Labute approximate surface area is 82.4 Å². The zero-order valence-corrected chi connectivity index (χ0v) is 8.36. The first kappa shape index (κ1) is 17.8. The van der Waals surface area contributed by atoms with Gasteiger partial charge in [0.15, 0.2) is 0 Å². The number of rotatable bonds is 0. The van der Waals surface area contributed by atoms with E-state index in [0.29, 0.717) is 0 Å². The van der Waals surface area contributed by atoms with E-state index in [1.807, 2.05) is 0 Å². The van der Waals surface area contributed by atoms with Crippen LogP contribution in [0.25, 0.3) is 0 Å². The zero-order chi connectivity index (χ0) is 9.00. The summed E-state index contributed by atoms with van der Waals surface area (Å²) < 4.78 is 49.7. The fourth-order valence-electron chi connectivity index (χ4n) is 0. The average Bonchev–Trinajstić information content (AvgIpc) is 1.12. The van der Waals surface area contributed by atoms with E-state index < -0.39 is 14.1 Å². The smallest absolute Gasteiger partial charge is 0.299 e. The minimum absolute atomic E-state index is 0. The molecular weight excluding hydrogens is 202 g/mol. The molecule has 0 aromatic rings. The van der Waals surface area contributed by atoms with Crippen molar-refractivity contribution >= 4 is 7.91 Å². The summed E-state index contributed by atoms with van der Waals surface area (Å²) in [5.74, 6) is 0. The van der Waals surface area contributed by atoms with Gasteiger partial charge in [0.25, 0.3) is 6.18 Å². The van der Waals surface area contributed by atoms with Gasteiger partial charge >= 0.3 is 37.5 Å². The van der Waals surface area contributed by atoms with Crippen molar-refractivity contribution < 1.29 is 61.3 Å². The third-order valence-electron chi connectivity index (χ3n) is 0. The summed E-state index contributed by atoms with van der Waals surface area (Å²) in [6, 6.07) is 0. The fourth-order valence-corrected chi connectivity index (χ4v) is 0. The van der Waals surface area contributed by atoms with E-state index in [9.17, 15) is 17.4 Å². The summed E-state index contributed by atoms with van der Waals surface area (Å²) in [6.07, 6.45) is -4.25. The molecule has 3 nitrogen and oxygen atoms in total. The van der Waals surface area contributed by atoms with Crippen LogP contribution in [-0.2, 0) is 4.57 Å². The second kappa shape index (κ2) is 6.39. The van der Waals surface area contributed by atoms with Crippen LogP contribution in [0.5, 0.6) is 0 Å². The Hall–Kier alpha value is 0.870. The summed E-state index contributed by atoms with van der Waals surface area (Å²) in [5, 5.41) is 0. The van der Waals surface area contributed by atoms with Gasteiger partial charge in [0.05, 0.1) is 0 Å². The van der Waals surface area contributed by atoms with Gasteiger partial charge in [-0.1, -0.05) is 0 Å². The summed E-state index contributed by atoms with van der Waals surface area (Å²) in [6.45, 7) is 1.77. The maximum Gasteiger partial charge on any atom is 1.00 e. The molecule has 0 bridgehead atoms. The van der Waals surface area contributed by atoms with E-state index in [2.05, 4.69) is 0 Å². The first-order chi connectivity index (χ1) is 4.00. The molecule has 11 heavy (non-hydrogen) atoms. The molecule has 0 aliphatic rings. The molecule has 9 heteroatoms. The Morgan fingerprint density at radius 3 is 1.27 bits per heavy atom. The van der Waals surface area contributed by atoms with Crippen molar-refractivity contribution in [3.05, 3.63) is 6.92 Å². The number of alkyl halides is 3. The van der Waals surface area contributed by atoms with Crippen LogP contribution in [0.4, 0.5) is 17.4 Å². The first-order valence-electron chi connectivity index (χ1n) is 1.67. The molecule has 0 atom stereocenters. The predicted molar refractivity (Wildman–Crippen MR) is 24.6 cm³/mol. The van der Waals surface area contributed by atoms with Crippen LogP contribution in [0, 0.1) is 6.92 Å². The number of halogens is 4. The van der Waals surface area contributed by atoms with Gasteiger partial charge in [0.2, 0.25) is 0 Å². The number of hydrogen-bond acceptors (Lipinski definition) is 1. The van der Waals surface area contributed by atoms with E-state index in [0.717, 1.165) is 0 Å². The molecule has 64 valence electrons. The predicted octanol–water partition coefficient (Wildman–Crippen LogP) is -1.56. The minimum Gasteiger partial charge on any atom is -0.299 e. The molecular formula is C2H4F4NaO3P. The van der Waals surface area contributed by atoms with Crippen molar-refractivity contribution in [3.63, 3.8) is 0 Å². The molecule has 0 rings (SSSR count). The van der Waals surface area contributed by atoms with Crippen LogP contribution in [0.15, 0.2) is 0 Å². The van der Waals surface area contributed by atoms with E-state index in [1.54, 1.807) is 6.92 Å². The summed E-state index contributed by atoms with van der Waals surface area (Å²) in [7, 11) is -5.14. The molecule has 0 radical (unpaired) electrons. The molecule has 2 N–H and O–H groups in total. The fraction of sp³-hybridized carbons (Fsp3) is 0.500. The monoisotopic (exact) mass is 206 g/mol. The van der Waals surface area contributed by atoms with Crippen molar-refractivity contribution in [3.8, 4) is 0 Å². The van der Waals surface area contributed by atoms with Crippen molar-refractivity contribution in [1.29, 1.82) is 0 Å². The molecule has 0 saturated carbocycles. The van der Waals surface area contributed by atoms with Crippen LogP contribution < -0.4 is 29.6 Å². The summed E-state index contributed by atoms with van der Waals surface area (Å²) in [5.41, 5.74) is 0. The first-order valence-corrected chi connectivity index (χ1v) is 3.18. The largest absolute Gasteiger partial charge is 1.00 e. The van der Waals surface area contributed by atoms with Crippen LogP contribution in [0.1, 0.15) is 0 Å². The Morgan fingerprint density at radius 2 is 1.27 bits per heavy atom. The maximum atomic E-state index is 10.4. The molecule has 0 heterocycles. The third-order valence-corrected chi connectivity index (χ3v) is 0. The van der Waals surface area contributed by atoms with E-state index >= 15 is 0 Å². The van der Waals surface area contributed by atoms with Crippen molar-refractivity contribution in [2.75, 3.05) is 0 Å². The summed E-state index contributed by atoms with van der Waals surface area (Å²) in [4.78, 5) is 13.9. The standard InChI is InChI=1S/C2H2F3.FH2O3P.Na/c1-2(3,4)5;1-5(2,3)4;/h1H2;(H2,2,3,4);/q-1;;+1. The van der Waals surface area contributed by atoms with Crippen LogP contribution in [-0.4, -0.2) is 16.0 Å². The molecule has 0 spiro atoms. The van der Waals surface area contributed by atoms with Crippen molar-refractivity contribution in [2.45, 2.75) is 6.18 Å². The Morgan fingerprint density at radius 1 is 1.27 bits per heavy atom. The van der Waals surface area contributed by atoms with Gasteiger partial charge in [-0.05, 0) is 0 Å². The third kappa shape index (κ3) is 1130. The molecule has 0 aliphatic carbocycles. The minimum atomic E-state index is -5.14. The van der Waals surface area contributed by atoms with Gasteiger partial charge in [-0.3, -0.25) is 9.79 Å². The topological polar surface area (TPSA) is 57.5 Å². The van der Waals surface area contributed by atoms with E-state index in [4.69, 9.17) is 14.4 Å². The van der Waals surface area contributed by atoms with Gasteiger partial charge in [-0.15, -0.1) is 4.20 Å². The van der Waals surface area contributed by atoms with E-state index in [1.165, 1.54) is 0 Å². The zero-order valence-electron chi connectivity index (χ0n) is 5.47. The quantitative estimate of drug-likeness (QED) is 0.218. The Kier molecular flexibility index (Phi) is 10.4. The average molecular weight is 206 g/mol. The Balaban J connectivity index is -0.000000107. The molecule has 0 aromatic heterocycles. The van der Waals surface area contributed by atoms with Gasteiger partial charge in [-0.25, -0.2) is 24.7 Å². The van der Waals surface area contributed by atoms with Crippen molar-refractivity contribution in [2.24, 2.45) is 0 Å². The number of hydrogen-bond donors (Lipinski definition) is 2. The van der Waals surface area contributed by atoms with Gasteiger partial charge < -0.3 is 0 Å². The molecule has 0 unspecified atom stereocenters. The van der Waals surface area contributed by atoms with Crippen LogP contribution in [0.3, 0.4) is 0 Å². The molecule has 0 saturated heterocycles. The molecule has 0 aromatic carbocycles. The Bertz CT molecular complexity index is 116. The van der Waals surface area contributed by atoms with Crippen LogP contribution in [0.2, 0.25) is 0 Å². The van der Waals surface area contributed by atoms with Gasteiger partial charge in [0.1, 0.15) is 0 Å². The van der Waals surface area contributed by atoms with Crippen LogP contribution >= 0.6 is 7.91 Å². The maximum absolute atomic E-state index is 10.4.